The number of imidazole rings is 2. The molecule has 1 aliphatic rings. The fraction of sp³-hybridized carbons (Fsp3) is 0.0943. The number of ether oxygens (including phenoxy) is 3. The molecular formula is C53H40F2N8O8. The Bertz CT molecular complexity index is 3680. The summed E-state index contributed by atoms with van der Waals surface area (Å²) in [7, 11) is 1.34. The van der Waals surface area contributed by atoms with Gasteiger partial charge in [0.05, 0.1) is 70.4 Å². The topological polar surface area (TPSA) is 157 Å². The van der Waals surface area contributed by atoms with Crippen LogP contribution in [0.3, 0.4) is 0 Å². The first kappa shape index (κ1) is 45.2. The normalized spacial score (nSPS) is 13.3. The number of para-hydroxylation sites is 2. The van der Waals surface area contributed by atoms with E-state index >= 15 is 4.39 Å². The third kappa shape index (κ3) is 8.32. The summed E-state index contributed by atoms with van der Waals surface area (Å²) in [6.45, 7) is 8.06. The van der Waals surface area contributed by atoms with Crippen molar-refractivity contribution in [3.8, 4) is 51.6 Å². The zero-order valence-electron chi connectivity index (χ0n) is 37.7. The van der Waals surface area contributed by atoms with Crippen molar-refractivity contribution in [1.29, 1.82) is 0 Å². The number of likely N-dealkylation sites (tertiary alicyclic amines) is 1. The molecule has 0 N–H and O–H groups in total. The van der Waals surface area contributed by atoms with Crippen LogP contribution in [0.2, 0.25) is 0 Å². The maximum atomic E-state index is 15.9. The summed E-state index contributed by atoms with van der Waals surface area (Å²) in [5.41, 5.74) is 2.74. The van der Waals surface area contributed by atoms with Crippen LogP contribution < -0.4 is 35.5 Å². The summed E-state index contributed by atoms with van der Waals surface area (Å²) < 4.78 is 53.6. The van der Waals surface area contributed by atoms with Crippen LogP contribution in [0.5, 0.6) is 34.5 Å². The minimum atomic E-state index is -0.859. The van der Waals surface area contributed by atoms with Gasteiger partial charge in [-0.1, -0.05) is 31.4 Å². The number of hydrogen-bond acceptors (Lipinski definition) is 10. The molecule has 1 aliphatic heterocycles. The predicted molar refractivity (Wildman–Crippen MR) is 260 cm³/mol. The van der Waals surface area contributed by atoms with Gasteiger partial charge in [0.25, 0.3) is 5.91 Å². The maximum absolute atomic E-state index is 15.9. The van der Waals surface area contributed by atoms with Crippen molar-refractivity contribution in [2.45, 2.75) is 12.5 Å². The van der Waals surface area contributed by atoms with E-state index in [4.69, 9.17) is 19.0 Å². The summed E-state index contributed by atoms with van der Waals surface area (Å²) in [6, 6.07) is 31.0. The number of methoxy groups -OCH3 is 1. The Morgan fingerprint density at radius 2 is 1.23 bits per heavy atom. The highest BCUT2D eigenvalue weighted by Crippen LogP contribution is 2.38. The lowest BCUT2D eigenvalue weighted by Gasteiger charge is -2.23. The number of anilines is 1. The second-order valence-electron chi connectivity index (χ2n) is 16.1. The highest BCUT2D eigenvalue weighted by atomic mass is 19.1. The monoisotopic (exact) mass is 954 g/mol. The van der Waals surface area contributed by atoms with E-state index in [9.17, 15) is 23.6 Å². The molecule has 5 heterocycles. The SMILES string of the molecule is C=CC(=O)N1CCC(n2c(=O)n(-c3ccc(Oc4cccc(F)c4ON(C(=O)C=C)c4cccc(-n5c(=O)n(-c6ccc(Oc7cccc(F)c7OC)cc6)c6cnccc65)c4)cc3)c3cnccc32)C1. The van der Waals surface area contributed by atoms with Crippen molar-refractivity contribution in [3.63, 3.8) is 0 Å². The Morgan fingerprint density at radius 3 is 1.85 bits per heavy atom. The molecule has 0 radical (unpaired) electrons. The zero-order valence-corrected chi connectivity index (χ0v) is 37.7. The fourth-order valence-corrected chi connectivity index (χ4v) is 8.66. The number of halogens is 2. The molecule has 354 valence electrons. The molecular weight excluding hydrogens is 915 g/mol. The van der Waals surface area contributed by atoms with Gasteiger partial charge in [0.15, 0.2) is 28.9 Å². The van der Waals surface area contributed by atoms with E-state index < -0.39 is 29.0 Å². The van der Waals surface area contributed by atoms with E-state index in [0.29, 0.717) is 64.4 Å². The van der Waals surface area contributed by atoms with E-state index in [1.165, 1.54) is 63.4 Å². The van der Waals surface area contributed by atoms with Crippen molar-refractivity contribution in [1.82, 2.24) is 33.1 Å². The number of benzene rings is 5. The van der Waals surface area contributed by atoms with Gasteiger partial charge in [0, 0.05) is 25.5 Å². The highest BCUT2D eigenvalue weighted by molar-refractivity contribution is 6.00. The second-order valence-corrected chi connectivity index (χ2v) is 16.1. The van der Waals surface area contributed by atoms with Crippen molar-refractivity contribution in [2.24, 2.45) is 0 Å². The first-order valence-electron chi connectivity index (χ1n) is 22.0. The van der Waals surface area contributed by atoms with Gasteiger partial charge in [0.2, 0.25) is 11.7 Å². The van der Waals surface area contributed by atoms with E-state index in [-0.39, 0.29) is 46.3 Å². The van der Waals surface area contributed by atoms with E-state index in [2.05, 4.69) is 23.1 Å². The molecule has 16 nitrogen and oxygen atoms in total. The zero-order chi connectivity index (χ0) is 49.3. The summed E-state index contributed by atoms with van der Waals surface area (Å²) in [6.07, 6.45) is 9.13. The molecule has 71 heavy (non-hydrogen) atoms. The molecule has 1 atom stereocenters. The molecule has 0 spiro atoms. The molecule has 1 fully saturated rings. The largest absolute Gasteiger partial charge is 0.490 e. The lowest BCUT2D eigenvalue weighted by Crippen LogP contribution is -2.33. The van der Waals surface area contributed by atoms with Crippen LogP contribution in [0.1, 0.15) is 12.5 Å². The minimum absolute atomic E-state index is 0.0539. The van der Waals surface area contributed by atoms with Gasteiger partial charge in [-0.2, -0.15) is 0 Å². The molecule has 0 saturated carbocycles. The number of pyridine rings is 2. The first-order chi connectivity index (χ1) is 34.6. The van der Waals surface area contributed by atoms with E-state index in [1.807, 2.05) is 0 Å². The first-order valence-corrected chi connectivity index (χ1v) is 22.0. The molecule has 0 aliphatic carbocycles. The number of fused-ring (bicyclic) bond motifs is 2. The fourth-order valence-electron chi connectivity index (χ4n) is 8.66. The van der Waals surface area contributed by atoms with Gasteiger partial charge < -0.3 is 23.9 Å². The average Bonchev–Trinajstić information content (AvgIpc) is 4.08. The van der Waals surface area contributed by atoms with E-state index in [0.717, 1.165) is 17.2 Å². The molecule has 5 aromatic carbocycles. The predicted octanol–water partition coefficient (Wildman–Crippen LogP) is 9.02. The Morgan fingerprint density at radius 1 is 0.662 bits per heavy atom. The molecule has 1 saturated heterocycles. The summed E-state index contributed by atoms with van der Waals surface area (Å²) >= 11 is 0. The number of aromatic nitrogens is 6. The number of rotatable bonds is 14. The summed E-state index contributed by atoms with van der Waals surface area (Å²) in [5, 5.41) is 0.829. The van der Waals surface area contributed by atoms with Crippen LogP contribution in [0, 0.1) is 11.6 Å². The van der Waals surface area contributed by atoms with Crippen LogP contribution in [0.15, 0.2) is 181 Å². The standard InChI is InChI=1S/C53H40F2N8O8/c1-4-48(64)58-28-25-37(32-58)62-43-24-27-57-31-45(43)60(53(62)67)34-17-21-39(22-18-34)70-47-14-8-12-41(55)51(47)71-63(49(65)5-2)36-10-6-9-35(29-36)61-42-23-26-56-30-44(42)59(52(61)66)33-15-19-38(20-16-33)69-46-13-7-11-40(54)50(46)68-3/h4-24,26-27,29-31,37H,1-2,25,28,32H2,3H3. The van der Waals surface area contributed by atoms with Gasteiger partial charge in [-0.05, 0) is 122 Å². The number of nitrogens with zero attached hydrogens (tertiary/aromatic N) is 8. The third-order valence-corrected chi connectivity index (χ3v) is 11.9. The summed E-state index contributed by atoms with van der Waals surface area (Å²) in [5.74, 6) is -2.22. The van der Waals surface area contributed by atoms with Crippen LogP contribution in [0.4, 0.5) is 14.5 Å². The quantitative estimate of drug-likeness (QED) is 0.0761. The molecule has 9 aromatic rings. The van der Waals surface area contributed by atoms with Crippen molar-refractivity contribution < 1.29 is 37.4 Å². The lowest BCUT2D eigenvalue weighted by molar-refractivity contribution is -0.125. The Kier molecular flexibility index (Phi) is 12.0. The van der Waals surface area contributed by atoms with Gasteiger partial charge >= 0.3 is 11.4 Å². The van der Waals surface area contributed by atoms with Crippen LogP contribution >= 0.6 is 0 Å². The van der Waals surface area contributed by atoms with Crippen LogP contribution in [-0.2, 0) is 9.59 Å². The third-order valence-electron chi connectivity index (χ3n) is 11.9. The Balaban J connectivity index is 0.932. The van der Waals surface area contributed by atoms with Crippen molar-refractivity contribution in [3.05, 3.63) is 204 Å². The van der Waals surface area contributed by atoms with Crippen LogP contribution in [0.25, 0.3) is 39.1 Å². The number of hydrogen-bond donors (Lipinski definition) is 0. The number of carbonyl (C=O) groups is 2. The smallest absolute Gasteiger partial charge is 0.338 e. The van der Waals surface area contributed by atoms with E-state index in [1.54, 1.807) is 113 Å². The van der Waals surface area contributed by atoms with Crippen molar-refractivity contribution >= 4 is 39.6 Å². The molecule has 18 heteroatoms. The van der Waals surface area contributed by atoms with Crippen LogP contribution in [-0.4, -0.2) is 65.1 Å². The number of hydroxylamine groups is 1. The van der Waals surface area contributed by atoms with Gasteiger partial charge in [-0.25, -0.2) is 18.4 Å². The highest BCUT2D eigenvalue weighted by Gasteiger charge is 2.30. The van der Waals surface area contributed by atoms with Gasteiger partial charge in [-0.15, -0.1) is 5.06 Å². The van der Waals surface area contributed by atoms with Gasteiger partial charge in [-0.3, -0.25) is 37.8 Å². The molecule has 0 bridgehead atoms. The second kappa shape index (κ2) is 18.8. The average molecular weight is 955 g/mol. The Hall–Kier alpha value is -9.58. The number of carbonyl (C=O) groups excluding carboxylic acids is 2. The maximum Gasteiger partial charge on any atom is 0.338 e. The minimum Gasteiger partial charge on any atom is -0.490 e. The number of amides is 2. The Labute approximate surface area is 402 Å². The molecule has 1 unspecified atom stereocenters. The molecule has 2 amide bonds. The lowest BCUT2D eigenvalue weighted by atomic mass is 10.2. The van der Waals surface area contributed by atoms with Gasteiger partial charge in [0.1, 0.15) is 11.5 Å². The summed E-state index contributed by atoms with van der Waals surface area (Å²) in [4.78, 5) is 70.8. The van der Waals surface area contributed by atoms with Crippen molar-refractivity contribution in [2.75, 3.05) is 25.3 Å². The molecule has 10 rings (SSSR count). The molecule has 4 aromatic heterocycles.